The highest BCUT2D eigenvalue weighted by Gasteiger charge is 2.41. The van der Waals surface area contributed by atoms with Gasteiger partial charge in [0.2, 0.25) is 0 Å². The third kappa shape index (κ3) is 13.1. The molecule has 77 heavy (non-hydrogen) atoms. The summed E-state index contributed by atoms with van der Waals surface area (Å²) in [5, 5.41) is 32.9. The molecule has 0 radical (unpaired) electrons. The molecular weight excluding hydrogens is 1070 g/mol. The number of hydrogen-bond donors (Lipinski definition) is 9. The van der Waals surface area contributed by atoms with Crippen LogP contribution in [0.4, 0.5) is 0 Å². The highest BCUT2D eigenvalue weighted by atomic mass is 32.2. The fraction of sp³-hybridized carbons (Fsp3) is 0.587. The molecule has 28 nitrogen and oxygen atoms in total. The molecule has 31 heteroatoms. The first-order valence-electron chi connectivity index (χ1n) is 24.5. The Morgan fingerprint density at radius 1 is 0.494 bits per heavy atom. The van der Waals surface area contributed by atoms with Crippen molar-refractivity contribution in [2.45, 2.75) is 127 Å². The number of rotatable bonds is 14. The number of aromatic nitrogens is 8. The molecule has 418 valence electrons. The molecule has 4 aliphatic heterocycles. The van der Waals surface area contributed by atoms with Gasteiger partial charge in [0.05, 0.1) is 62.7 Å². The van der Waals surface area contributed by atoms with Crippen LogP contribution < -0.4 is 60.9 Å². The van der Waals surface area contributed by atoms with Crippen molar-refractivity contribution in [1.29, 1.82) is 0 Å². The van der Waals surface area contributed by atoms with Gasteiger partial charge in [-0.3, -0.25) is 72.4 Å². The lowest BCUT2D eigenvalue weighted by Crippen LogP contribution is -2.43. The Labute approximate surface area is 449 Å². The van der Waals surface area contributed by atoms with Crippen molar-refractivity contribution in [2.24, 2.45) is 15.0 Å². The van der Waals surface area contributed by atoms with Gasteiger partial charge < -0.3 is 45.1 Å². The monoisotopic (exact) mass is 1130 g/mol. The molecule has 0 saturated carbocycles. The van der Waals surface area contributed by atoms with Crippen molar-refractivity contribution < 1.29 is 29.2 Å². The van der Waals surface area contributed by atoms with Crippen molar-refractivity contribution in [3.63, 3.8) is 0 Å². The Bertz CT molecular complexity index is 3400. The summed E-state index contributed by atoms with van der Waals surface area (Å²) in [5.41, 5.74) is -3.49. The number of hydrogen-bond acceptors (Lipinski definition) is 20. The second-order valence-corrected chi connectivity index (χ2v) is 21.3. The molecule has 0 amide bonds. The first-order chi connectivity index (χ1) is 36.8. The van der Waals surface area contributed by atoms with Crippen molar-refractivity contribution in [2.75, 3.05) is 45.0 Å². The van der Waals surface area contributed by atoms with Gasteiger partial charge in [-0.2, -0.15) is 0 Å². The zero-order valence-electron chi connectivity index (χ0n) is 43.0. The van der Waals surface area contributed by atoms with Crippen molar-refractivity contribution in [1.82, 2.24) is 54.2 Å². The third-order valence-corrected chi connectivity index (χ3v) is 15.6. The topological polar surface area (TPSA) is 370 Å². The first-order valence-corrected chi connectivity index (χ1v) is 28.2. The van der Waals surface area contributed by atoms with Gasteiger partial charge in [-0.15, -0.1) is 0 Å². The summed E-state index contributed by atoms with van der Waals surface area (Å²) in [6.07, 6.45) is 4.77. The number of H-pyrrole nitrogens is 4. The van der Waals surface area contributed by atoms with E-state index in [0.717, 1.165) is 0 Å². The van der Waals surface area contributed by atoms with E-state index in [0.29, 0.717) is 37.8 Å². The van der Waals surface area contributed by atoms with Gasteiger partial charge in [0.25, 0.3) is 22.2 Å². The SMILES string of the molecule is CSC(=NC[C@H]1O[C@@H](n2cc(C)c(=O)[nH]c2=O)C[C@@H]1NC(=NC[C@H]1O[C@@H](n2cc(C)c(=O)[nH]c2=O)C[C@@H]1NC(=NC[C@H]1O[C@@H](n2cc(C)c(=O)[nH]c2=O)C[C@@H]1O)SC)SC)N[C@H]1C[C@H](n2cc(C)c(=O)[nH]c2=O)O[C@@H]1CO. The lowest BCUT2D eigenvalue weighted by molar-refractivity contribution is -0.0281. The molecule has 0 spiro atoms. The van der Waals surface area contributed by atoms with Crippen molar-refractivity contribution >= 4 is 50.8 Å². The molecule has 0 aliphatic carbocycles. The lowest BCUT2D eigenvalue weighted by atomic mass is 10.1. The summed E-state index contributed by atoms with van der Waals surface area (Å²) < 4.78 is 30.3. The lowest BCUT2D eigenvalue weighted by Gasteiger charge is -2.23. The van der Waals surface area contributed by atoms with E-state index in [-0.39, 0.29) is 51.9 Å². The van der Waals surface area contributed by atoms with E-state index in [1.807, 2.05) is 12.5 Å². The predicted molar refractivity (Wildman–Crippen MR) is 290 cm³/mol. The second-order valence-electron chi connectivity index (χ2n) is 18.9. The van der Waals surface area contributed by atoms with Gasteiger partial charge >= 0.3 is 22.8 Å². The fourth-order valence-corrected chi connectivity index (χ4v) is 10.8. The maximum absolute atomic E-state index is 13.2. The Kier molecular flexibility index (Phi) is 18.3. The van der Waals surface area contributed by atoms with Gasteiger partial charge in [0.15, 0.2) is 15.5 Å². The van der Waals surface area contributed by atoms with Crippen LogP contribution in [0, 0.1) is 27.7 Å². The smallest absolute Gasteiger partial charge is 0.330 e. The number of nitrogens with one attached hydrogen (secondary N) is 7. The molecule has 0 aromatic carbocycles. The van der Waals surface area contributed by atoms with E-state index in [1.165, 1.54) is 78.3 Å². The van der Waals surface area contributed by atoms with E-state index in [2.05, 4.69) is 35.9 Å². The minimum absolute atomic E-state index is 0.00483. The Morgan fingerprint density at radius 3 is 1.08 bits per heavy atom. The van der Waals surface area contributed by atoms with E-state index in [9.17, 15) is 48.6 Å². The average Bonchev–Trinajstić information content (AvgIpc) is 4.22. The third-order valence-electron chi connectivity index (χ3n) is 13.7. The molecule has 8 heterocycles. The number of nitrogens with zero attached hydrogens (tertiary/aromatic N) is 7. The van der Waals surface area contributed by atoms with Crippen LogP contribution in [0.5, 0.6) is 0 Å². The Balaban J connectivity index is 1.01. The molecule has 0 unspecified atom stereocenters. The molecule has 4 aromatic rings. The van der Waals surface area contributed by atoms with Gasteiger partial charge in [0, 0.05) is 72.7 Å². The van der Waals surface area contributed by atoms with Crippen molar-refractivity contribution in [3.8, 4) is 0 Å². The van der Waals surface area contributed by atoms with Crippen LogP contribution in [-0.4, -0.2) is 158 Å². The number of aryl methyl sites for hydroxylation is 4. The number of thioether (sulfide) groups is 3. The zero-order chi connectivity index (χ0) is 55.4. The zero-order valence-corrected chi connectivity index (χ0v) is 45.5. The van der Waals surface area contributed by atoms with E-state index in [4.69, 9.17) is 33.9 Å². The predicted octanol–water partition coefficient (Wildman–Crippen LogP) is -2.04. The Morgan fingerprint density at radius 2 is 0.766 bits per heavy atom. The molecule has 9 N–H and O–H groups in total. The molecule has 4 aromatic heterocycles. The number of aliphatic hydroxyl groups is 2. The van der Waals surface area contributed by atoms with E-state index >= 15 is 0 Å². The highest BCUT2D eigenvalue weighted by molar-refractivity contribution is 8.13. The minimum Gasteiger partial charge on any atom is -0.394 e. The second kappa shape index (κ2) is 24.7. The molecule has 8 rings (SSSR count). The largest absolute Gasteiger partial charge is 0.394 e. The van der Waals surface area contributed by atoms with Crippen LogP contribution in [0.1, 0.15) is 72.8 Å². The summed E-state index contributed by atoms with van der Waals surface area (Å²) in [6, 6.07) is -1.51. The van der Waals surface area contributed by atoms with Crippen LogP contribution in [0.15, 0.2) is 78.1 Å². The average molecular weight is 1130 g/mol. The van der Waals surface area contributed by atoms with Crippen LogP contribution in [-0.2, 0) is 18.9 Å². The molecule has 4 fully saturated rings. The summed E-state index contributed by atoms with van der Waals surface area (Å²) in [4.78, 5) is 124. The molecule has 12 atom stereocenters. The Hall–Kier alpha value is -6.06. The van der Waals surface area contributed by atoms with Crippen LogP contribution >= 0.6 is 35.3 Å². The van der Waals surface area contributed by atoms with Gasteiger partial charge in [0.1, 0.15) is 37.1 Å². The number of ether oxygens (including phenoxy) is 4. The molecular formula is C46H62N14O14S3. The molecule has 4 aliphatic rings. The highest BCUT2D eigenvalue weighted by Crippen LogP contribution is 2.33. The number of aliphatic imine (C=N–C) groups is 3. The number of amidine groups is 3. The number of aliphatic hydroxyl groups excluding tert-OH is 2. The summed E-state index contributed by atoms with van der Waals surface area (Å²) in [5.74, 6) is 0. The summed E-state index contributed by atoms with van der Waals surface area (Å²) in [6.45, 7) is 6.03. The maximum atomic E-state index is 13.2. The van der Waals surface area contributed by atoms with Gasteiger partial charge in [-0.1, -0.05) is 35.3 Å². The summed E-state index contributed by atoms with van der Waals surface area (Å²) >= 11 is 3.89. The molecule has 0 bridgehead atoms. The van der Waals surface area contributed by atoms with Gasteiger partial charge in [-0.05, 0) is 46.5 Å². The van der Waals surface area contributed by atoms with Crippen LogP contribution in [0.25, 0.3) is 0 Å². The standard InChI is InChI=1S/C46H62N14O14S3/c1-20-15-57(43(67)53-36(20)63)32-8-24(29(72-32)13-48-41(76-6)52-26-10-34(74-31(26)19-61)59-17-22(3)38(65)55-45(59)69)50-40(75-5)47-12-28-25(9-33(71-28)58-16-21(2)37(64)54-44(58)68)51-42(77-7)49-14-30-27(62)11-35(73-30)60-18-23(4)39(66)56-46(60)70/h15-18,24-35,61-62H,8-14,19H2,1-7H3,(H,47,50)(H,48,52)(H,49,51)(H,53,63,67)(H,54,64,68)(H,55,65,69)(H,56,66,70)/t24-,25-,26-,27-,28+,29+,30+,31+,32+,33+,34+,35+/m0/s1. The van der Waals surface area contributed by atoms with Crippen LogP contribution in [0.3, 0.4) is 0 Å². The molecule has 4 saturated heterocycles. The first kappa shape index (κ1) is 57.1. The van der Waals surface area contributed by atoms with Crippen LogP contribution in [0.2, 0.25) is 0 Å². The quantitative estimate of drug-likeness (QED) is 0.0485. The summed E-state index contributed by atoms with van der Waals surface area (Å²) in [7, 11) is 0. The normalized spacial score (nSPS) is 27.9. The minimum atomic E-state index is -0.979. The number of aromatic amines is 4. The van der Waals surface area contributed by atoms with Crippen molar-refractivity contribution in [3.05, 3.63) is 130 Å². The fourth-order valence-electron chi connectivity index (χ4n) is 9.42. The van der Waals surface area contributed by atoms with E-state index < -0.39 is 119 Å². The van der Waals surface area contributed by atoms with E-state index in [1.54, 1.807) is 34.0 Å². The maximum Gasteiger partial charge on any atom is 0.330 e. The van der Waals surface area contributed by atoms with Gasteiger partial charge in [-0.25, -0.2) is 19.2 Å².